The summed E-state index contributed by atoms with van der Waals surface area (Å²) in [6.07, 6.45) is 3.61. The highest BCUT2D eigenvalue weighted by atomic mass is 31.2. The Hall–Kier alpha value is -2.60. The third-order valence-electron chi connectivity index (χ3n) is 4.92. The normalized spacial score (nSPS) is 15.6. The predicted octanol–water partition coefficient (Wildman–Crippen LogP) is 1.74. The van der Waals surface area contributed by atoms with E-state index in [2.05, 4.69) is 25.1 Å². The molecule has 5 N–H and O–H groups in total. The molecule has 0 radical (unpaired) electrons. The molecule has 0 bridgehead atoms. The minimum atomic E-state index is -3.72. The van der Waals surface area contributed by atoms with Crippen LogP contribution in [-0.4, -0.2) is 67.2 Å². The summed E-state index contributed by atoms with van der Waals surface area (Å²) in [6, 6.07) is -0.948. The van der Waals surface area contributed by atoms with E-state index in [1.165, 1.54) is 27.1 Å². The highest BCUT2D eigenvalue weighted by Gasteiger charge is 2.38. The first-order chi connectivity index (χ1) is 15.9. The number of carboxylic acids is 1. The number of anilines is 1. The lowest BCUT2D eigenvalue weighted by Crippen LogP contribution is -2.49. The first-order valence-corrected chi connectivity index (χ1v) is 12.9. The van der Waals surface area contributed by atoms with Gasteiger partial charge >= 0.3 is 11.9 Å². The number of ether oxygens (including phenoxy) is 2. The second kappa shape index (κ2) is 11.7. The number of aromatic nitrogens is 4. The number of nitrogens with zero attached hydrogens (tertiary/aromatic N) is 4. The molecule has 0 aliphatic carbocycles. The Morgan fingerprint density at radius 2 is 2.00 bits per heavy atom. The van der Waals surface area contributed by atoms with Gasteiger partial charge in [0.1, 0.15) is 29.8 Å². The molecule has 13 nitrogen and oxygen atoms in total. The van der Waals surface area contributed by atoms with Gasteiger partial charge in [0, 0.05) is 0 Å². The van der Waals surface area contributed by atoms with E-state index in [4.69, 9.17) is 15.2 Å². The molecule has 0 saturated carbocycles. The van der Waals surface area contributed by atoms with Gasteiger partial charge in [-0.3, -0.25) is 14.2 Å². The number of nitrogen functional groups attached to an aromatic ring is 1. The molecule has 3 atom stereocenters. The summed E-state index contributed by atoms with van der Waals surface area (Å²) < 4.78 is 26.4. The molecule has 0 aliphatic heterocycles. The van der Waals surface area contributed by atoms with Gasteiger partial charge < -0.3 is 24.9 Å². The monoisotopic (exact) mass is 499 g/mol. The highest BCUT2D eigenvalue weighted by molar-refractivity contribution is 7.59. The van der Waals surface area contributed by atoms with Gasteiger partial charge in [0.05, 0.1) is 25.6 Å². The first kappa shape index (κ1) is 27.6. The number of nitrogens with one attached hydrogen (secondary N) is 2. The second-order valence-corrected chi connectivity index (χ2v) is 10.8. The average molecular weight is 500 g/mol. The first-order valence-electron chi connectivity index (χ1n) is 11.0. The molecular weight excluding hydrogens is 465 g/mol. The standard InChI is InChI=1S/C20H34N7O6P/c1-6-7-8-32-18(28)14(3)25-34(31,26-20(4,5)19(29)30)12-33-13(2)9-27-11-24-15-16(21)22-10-23-17(15)27/h10-11,13-14H,6-9,12H2,1-5H3,(H,29,30)(H2,21,22,23)(H2,25,26,31). The van der Waals surface area contributed by atoms with Crippen LogP contribution in [0.5, 0.6) is 0 Å². The number of fused-ring (bicyclic) bond motifs is 1. The third-order valence-corrected chi connectivity index (χ3v) is 7.15. The molecule has 2 aromatic heterocycles. The van der Waals surface area contributed by atoms with Crippen LogP contribution in [0.2, 0.25) is 0 Å². The predicted molar refractivity (Wildman–Crippen MR) is 126 cm³/mol. The molecule has 2 aromatic rings. The van der Waals surface area contributed by atoms with Gasteiger partial charge in [-0.2, -0.15) is 0 Å². The fourth-order valence-electron chi connectivity index (χ4n) is 3.00. The molecule has 34 heavy (non-hydrogen) atoms. The van der Waals surface area contributed by atoms with Crippen molar-refractivity contribution in [1.82, 2.24) is 29.7 Å². The van der Waals surface area contributed by atoms with Gasteiger partial charge in [0.2, 0.25) is 7.44 Å². The number of carbonyl (C=O) groups excluding carboxylic acids is 1. The fraction of sp³-hybridized carbons (Fsp3) is 0.650. The van der Waals surface area contributed by atoms with E-state index >= 15 is 0 Å². The average Bonchev–Trinajstić information content (AvgIpc) is 3.16. The van der Waals surface area contributed by atoms with E-state index in [9.17, 15) is 19.3 Å². The summed E-state index contributed by atoms with van der Waals surface area (Å²) in [5.74, 6) is -1.53. The number of hydrogen-bond donors (Lipinski definition) is 4. The largest absolute Gasteiger partial charge is 0.480 e. The molecular formula is C20H34N7O6P. The molecule has 190 valence electrons. The van der Waals surface area contributed by atoms with Gasteiger partial charge in [-0.25, -0.2) is 25.1 Å². The highest BCUT2D eigenvalue weighted by Crippen LogP contribution is 2.40. The van der Waals surface area contributed by atoms with Gasteiger partial charge in [0.15, 0.2) is 11.5 Å². The van der Waals surface area contributed by atoms with Gasteiger partial charge in [-0.1, -0.05) is 13.3 Å². The van der Waals surface area contributed by atoms with E-state index < -0.39 is 37.1 Å². The van der Waals surface area contributed by atoms with Crippen LogP contribution in [0, 0.1) is 0 Å². The maximum Gasteiger partial charge on any atom is 0.323 e. The number of imidazole rings is 1. The molecule has 14 heteroatoms. The minimum absolute atomic E-state index is 0.250. The van der Waals surface area contributed by atoms with E-state index in [0.29, 0.717) is 24.1 Å². The molecule has 2 heterocycles. The zero-order chi connectivity index (χ0) is 25.5. The summed E-state index contributed by atoms with van der Waals surface area (Å²) in [4.78, 5) is 36.2. The van der Waals surface area contributed by atoms with Crippen molar-refractivity contribution in [2.24, 2.45) is 0 Å². The smallest absolute Gasteiger partial charge is 0.323 e. The Kier molecular flexibility index (Phi) is 9.51. The fourth-order valence-corrected chi connectivity index (χ4v) is 5.40. The number of nitrogens with two attached hydrogens (primary N) is 1. The van der Waals surface area contributed by atoms with Crippen molar-refractivity contribution in [1.29, 1.82) is 0 Å². The molecule has 0 amide bonds. The summed E-state index contributed by atoms with van der Waals surface area (Å²) >= 11 is 0. The number of carbonyl (C=O) groups is 2. The number of hydrogen-bond acceptors (Lipinski definition) is 9. The topological polar surface area (TPSA) is 184 Å². The molecule has 0 saturated heterocycles. The number of rotatable bonds is 14. The maximum absolute atomic E-state index is 13.7. The van der Waals surface area contributed by atoms with Crippen molar-refractivity contribution >= 4 is 36.4 Å². The van der Waals surface area contributed by atoms with Crippen LogP contribution in [0.15, 0.2) is 12.7 Å². The van der Waals surface area contributed by atoms with Crippen molar-refractivity contribution in [2.45, 2.75) is 71.7 Å². The number of carboxylic acid groups (broad SMARTS) is 1. The second-order valence-electron chi connectivity index (χ2n) is 8.59. The van der Waals surface area contributed by atoms with Crippen molar-refractivity contribution in [3.63, 3.8) is 0 Å². The summed E-state index contributed by atoms with van der Waals surface area (Å²) in [5, 5.41) is 14.8. The van der Waals surface area contributed by atoms with Crippen molar-refractivity contribution < 1.29 is 28.7 Å². The Bertz CT molecular complexity index is 1040. The summed E-state index contributed by atoms with van der Waals surface area (Å²) in [7, 11) is -3.72. The Morgan fingerprint density at radius 1 is 1.29 bits per heavy atom. The van der Waals surface area contributed by atoms with Gasteiger partial charge in [0.25, 0.3) is 0 Å². The summed E-state index contributed by atoms with van der Waals surface area (Å²) in [6.45, 7) is 8.53. The number of unbranched alkanes of at least 4 members (excludes halogenated alkanes) is 1. The lowest BCUT2D eigenvalue weighted by molar-refractivity contribution is -0.145. The maximum atomic E-state index is 13.7. The molecule has 2 rings (SSSR count). The van der Waals surface area contributed by atoms with E-state index in [-0.39, 0.29) is 18.8 Å². The lowest BCUT2D eigenvalue weighted by Gasteiger charge is -2.31. The Balaban J connectivity index is 2.10. The zero-order valence-corrected chi connectivity index (χ0v) is 21.0. The van der Waals surface area contributed by atoms with Gasteiger partial charge in [-0.05, 0) is 34.1 Å². The molecule has 0 fully saturated rings. The SMILES string of the molecule is CCCCOC(=O)C(C)NP(=O)(COC(C)Cn1cnc2c(N)ncnc21)NC(C)(C)C(=O)O. The Morgan fingerprint density at radius 3 is 2.65 bits per heavy atom. The summed E-state index contributed by atoms with van der Waals surface area (Å²) in [5.41, 5.74) is 5.25. The minimum Gasteiger partial charge on any atom is -0.480 e. The van der Waals surface area contributed by atoms with Crippen LogP contribution in [-0.2, 0) is 30.2 Å². The van der Waals surface area contributed by atoms with E-state index in [0.717, 1.165) is 6.42 Å². The zero-order valence-electron chi connectivity index (χ0n) is 20.1. The number of esters is 1. The van der Waals surface area contributed by atoms with Crippen molar-refractivity contribution in [2.75, 3.05) is 18.7 Å². The molecule has 0 spiro atoms. The van der Waals surface area contributed by atoms with Crippen LogP contribution >= 0.6 is 7.44 Å². The van der Waals surface area contributed by atoms with Crippen LogP contribution in [0.25, 0.3) is 11.2 Å². The van der Waals surface area contributed by atoms with Crippen molar-refractivity contribution in [3.8, 4) is 0 Å². The lowest BCUT2D eigenvalue weighted by atomic mass is 10.1. The third kappa shape index (κ3) is 7.45. The van der Waals surface area contributed by atoms with Crippen LogP contribution in [0.1, 0.15) is 47.5 Å². The molecule has 0 aliphatic rings. The van der Waals surface area contributed by atoms with Crippen LogP contribution in [0.4, 0.5) is 5.82 Å². The van der Waals surface area contributed by atoms with E-state index in [1.807, 2.05) is 6.92 Å². The number of aliphatic carboxylic acids is 1. The van der Waals surface area contributed by atoms with E-state index in [1.54, 1.807) is 17.8 Å². The van der Waals surface area contributed by atoms with Crippen LogP contribution < -0.4 is 15.9 Å². The van der Waals surface area contributed by atoms with Crippen molar-refractivity contribution in [3.05, 3.63) is 12.7 Å². The van der Waals surface area contributed by atoms with Crippen LogP contribution in [0.3, 0.4) is 0 Å². The Labute approximate surface area is 198 Å². The van der Waals surface area contributed by atoms with Gasteiger partial charge in [-0.15, -0.1) is 0 Å². The molecule has 3 unspecified atom stereocenters. The quantitative estimate of drug-likeness (QED) is 0.168. The molecule has 0 aromatic carbocycles.